The van der Waals surface area contributed by atoms with Crippen molar-refractivity contribution in [1.82, 2.24) is 20.9 Å². The topological polar surface area (TPSA) is 137 Å². The minimum absolute atomic E-state index is 0.00239. The Morgan fingerprint density at radius 3 is 2.42 bits per heavy atom. The molecule has 9 nitrogen and oxygen atoms in total. The zero-order chi connectivity index (χ0) is 29.8. The van der Waals surface area contributed by atoms with E-state index in [-0.39, 0.29) is 36.1 Å². The van der Waals surface area contributed by atoms with Gasteiger partial charge in [-0.15, -0.1) is 0 Å². The zero-order valence-electron chi connectivity index (χ0n) is 23.6. The molecule has 3 rings (SSSR count). The predicted octanol–water partition coefficient (Wildman–Crippen LogP) is 4.59. The Labute approximate surface area is 244 Å². The fourth-order valence-electron chi connectivity index (χ4n) is 4.92. The number of nitrogens with one attached hydrogen (secondary N) is 4. The van der Waals surface area contributed by atoms with Crippen molar-refractivity contribution in [3.8, 4) is 0 Å². The average molecular weight is 594 g/mol. The lowest BCUT2D eigenvalue weighted by Gasteiger charge is -2.28. The Kier molecular flexibility index (Phi) is 10.4. The monoisotopic (exact) mass is 592 g/mol. The smallest absolute Gasteiger partial charge is 0.290 e. The second-order valence-corrected chi connectivity index (χ2v) is 12.8. The molecule has 0 radical (unpaired) electrons. The molecule has 0 unspecified atom stereocenters. The average Bonchev–Trinajstić information content (AvgIpc) is 3.27. The summed E-state index contributed by atoms with van der Waals surface area (Å²) in [4.78, 5) is 68.3. The molecule has 1 saturated heterocycles. The first-order valence-corrected chi connectivity index (χ1v) is 14.4. The van der Waals surface area contributed by atoms with E-state index in [1.54, 1.807) is 39.0 Å². The van der Waals surface area contributed by atoms with E-state index in [1.807, 2.05) is 13.8 Å². The van der Waals surface area contributed by atoms with E-state index in [1.165, 1.54) is 0 Å². The first kappa shape index (κ1) is 31.6. The number of amides is 3. The summed E-state index contributed by atoms with van der Waals surface area (Å²) in [5, 5.41) is 9.61. The van der Waals surface area contributed by atoms with Gasteiger partial charge in [-0.25, -0.2) is 0 Å². The van der Waals surface area contributed by atoms with Crippen LogP contribution >= 0.6 is 23.2 Å². The fraction of sp³-hybridized carbons (Fsp3) is 0.552. The van der Waals surface area contributed by atoms with Crippen molar-refractivity contribution in [3.63, 3.8) is 0 Å². The number of aromatic amines is 1. The van der Waals surface area contributed by atoms with Crippen LogP contribution in [-0.4, -0.2) is 52.4 Å². The summed E-state index contributed by atoms with van der Waals surface area (Å²) in [6.07, 6.45) is 1.54. The van der Waals surface area contributed by atoms with Gasteiger partial charge in [-0.05, 0) is 70.6 Å². The van der Waals surface area contributed by atoms with Crippen LogP contribution in [0.5, 0.6) is 0 Å². The molecule has 2 heterocycles. The van der Waals surface area contributed by atoms with Crippen LogP contribution in [0, 0.1) is 17.8 Å². The van der Waals surface area contributed by atoms with Crippen LogP contribution in [0.25, 0.3) is 10.9 Å². The summed E-state index contributed by atoms with van der Waals surface area (Å²) in [7, 11) is 0. The number of hydrogen-bond acceptors (Lipinski definition) is 5. The molecule has 0 saturated carbocycles. The Balaban J connectivity index is 1.82. The van der Waals surface area contributed by atoms with E-state index in [9.17, 15) is 24.0 Å². The largest absolute Gasteiger partial charge is 0.356 e. The maximum Gasteiger partial charge on any atom is 0.290 e. The number of hydrogen-bond donors (Lipinski definition) is 4. The van der Waals surface area contributed by atoms with Gasteiger partial charge in [-0.1, -0.05) is 37.0 Å². The summed E-state index contributed by atoms with van der Waals surface area (Å²) >= 11 is 12.4. The quantitative estimate of drug-likeness (QED) is 0.223. The van der Waals surface area contributed by atoms with Crippen LogP contribution in [0.4, 0.5) is 0 Å². The molecule has 0 aliphatic carbocycles. The zero-order valence-corrected chi connectivity index (χ0v) is 25.1. The van der Waals surface area contributed by atoms with Crippen LogP contribution in [0.2, 0.25) is 10.0 Å². The van der Waals surface area contributed by atoms with Crippen molar-refractivity contribution in [2.45, 2.75) is 78.3 Å². The second kappa shape index (κ2) is 13.2. The highest BCUT2D eigenvalue weighted by atomic mass is 35.5. The van der Waals surface area contributed by atoms with Gasteiger partial charge in [0.1, 0.15) is 0 Å². The van der Waals surface area contributed by atoms with Crippen molar-refractivity contribution in [2.24, 2.45) is 17.8 Å². The molecular formula is C29H38Cl2N4O5. The highest BCUT2D eigenvalue weighted by molar-refractivity contribution is 6.39. The molecule has 1 aromatic carbocycles. The normalized spacial score (nSPS) is 17.3. The Bertz CT molecular complexity index is 1300. The number of carbonyl (C=O) groups is 5. The van der Waals surface area contributed by atoms with Crippen molar-refractivity contribution in [2.75, 3.05) is 6.54 Å². The van der Waals surface area contributed by atoms with E-state index in [2.05, 4.69) is 20.9 Å². The number of rotatable bonds is 11. The Morgan fingerprint density at radius 1 is 1.10 bits per heavy atom. The maximum atomic E-state index is 13.6. The molecule has 0 spiro atoms. The lowest BCUT2D eigenvalue weighted by Crippen LogP contribution is -2.54. The number of H-pyrrole nitrogens is 1. The molecule has 4 N–H and O–H groups in total. The van der Waals surface area contributed by atoms with Crippen molar-refractivity contribution < 1.29 is 24.0 Å². The molecule has 2 aromatic rings. The highest BCUT2D eigenvalue weighted by Gasteiger charge is 2.36. The maximum absolute atomic E-state index is 13.6. The summed E-state index contributed by atoms with van der Waals surface area (Å²) in [5.41, 5.74) is 0.229. The van der Waals surface area contributed by atoms with Crippen molar-refractivity contribution in [3.05, 3.63) is 33.9 Å². The Morgan fingerprint density at radius 2 is 1.80 bits per heavy atom. The summed E-state index contributed by atoms with van der Waals surface area (Å²) in [6.45, 7) is 9.65. The third kappa shape index (κ3) is 8.54. The van der Waals surface area contributed by atoms with Crippen molar-refractivity contribution >= 4 is 63.4 Å². The molecule has 1 aromatic heterocycles. The number of carbonyl (C=O) groups excluding carboxylic acids is 5. The third-order valence-corrected chi connectivity index (χ3v) is 7.31. The molecule has 40 heavy (non-hydrogen) atoms. The van der Waals surface area contributed by atoms with Gasteiger partial charge in [0, 0.05) is 46.3 Å². The molecule has 218 valence electrons. The lowest BCUT2D eigenvalue weighted by atomic mass is 9.87. The molecule has 11 heteroatoms. The van der Waals surface area contributed by atoms with E-state index in [0.29, 0.717) is 40.3 Å². The molecule has 3 atom stereocenters. The first-order valence-electron chi connectivity index (χ1n) is 13.6. The molecule has 1 aliphatic heterocycles. The molecule has 3 amide bonds. The van der Waals surface area contributed by atoms with Crippen LogP contribution in [0.15, 0.2) is 18.2 Å². The molecule has 1 fully saturated rings. The van der Waals surface area contributed by atoms with Gasteiger partial charge < -0.3 is 20.9 Å². The van der Waals surface area contributed by atoms with Gasteiger partial charge in [-0.3, -0.25) is 24.0 Å². The van der Waals surface area contributed by atoms with Crippen LogP contribution in [-0.2, 0) is 19.2 Å². The molecule has 0 bridgehead atoms. The van der Waals surface area contributed by atoms with Crippen LogP contribution in [0.3, 0.4) is 0 Å². The van der Waals surface area contributed by atoms with Gasteiger partial charge in [0.05, 0.1) is 16.8 Å². The lowest BCUT2D eigenvalue weighted by molar-refractivity contribution is -0.142. The molecular weight excluding hydrogens is 555 g/mol. The second-order valence-electron chi connectivity index (χ2n) is 12.0. The van der Waals surface area contributed by atoms with Gasteiger partial charge >= 0.3 is 0 Å². The number of fused-ring (bicyclic) bond motifs is 1. The van der Waals surface area contributed by atoms with Crippen LogP contribution in [0.1, 0.15) is 77.2 Å². The minimum atomic E-state index is -1.21. The van der Waals surface area contributed by atoms with Crippen LogP contribution < -0.4 is 16.0 Å². The standard InChI is InChI=1S/C29H38Cl2N4O5/c1-15(2)9-17(11-24(36)22-14-19-20(31)12-18(30)13-21(19)33-22)27(39)34-23(10-16-7-6-8-32-26(16)38)25(37)28(40)35-29(3,4)5/h12-17,23,33H,6-11H2,1-5H3,(H,32,38)(H,34,39)(H,35,40)/t16-,17+,23-/m0/s1. The van der Waals surface area contributed by atoms with Gasteiger partial charge in [0.2, 0.25) is 17.6 Å². The summed E-state index contributed by atoms with van der Waals surface area (Å²) < 4.78 is 0. The molecule has 1 aliphatic rings. The van der Waals surface area contributed by atoms with E-state index in [0.717, 1.165) is 6.42 Å². The predicted molar refractivity (Wildman–Crippen MR) is 155 cm³/mol. The SMILES string of the molecule is CC(C)C[C@H](CC(=O)c1cc2c(Cl)cc(Cl)cc2[nH]1)C(=O)N[C@@H](C[C@@H]1CCCNC1=O)C(=O)C(=O)NC(C)(C)C. The summed E-state index contributed by atoms with van der Waals surface area (Å²) in [6, 6.07) is 3.67. The number of piperidine rings is 1. The number of Topliss-reactive ketones (excluding diaryl/α,β-unsaturated/α-hetero) is 2. The first-order chi connectivity index (χ1) is 18.6. The van der Waals surface area contributed by atoms with E-state index < -0.39 is 41.0 Å². The Hall–Kier alpha value is -2.91. The number of halogens is 2. The highest BCUT2D eigenvalue weighted by Crippen LogP contribution is 2.29. The van der Waals surface area contributed by atoms with E-state index in [4.69, 9.17) is 23.2 Å². The number of aromatic nitrogens is 1. The number of benzene rings is 1. The summed E-state index contributed by atoms with van der Waals surface area (Å²) in [5.74, 6) is -3.89. The minimum Gasteiger partial charge on any atom is -0.356 e. The van der Waals surface area contributed by atoms with Gasteiger partial charge in [0.15, 0.2) is 5.78 Å². The third-order valence-electron chi connectivity index (χ3n) is 6.78. The van der Waals surface area contributed by atoms with Gasteiger partial charge in [-0.2, -0.15) is 0 Å². The fourth-order valence-corrected chi connectivity index (χ4v) is 5.47. The van der Waals surface area contributed by atoms with Crippen molar-refractivity contribution in [1.29, 1.82) is 0 Å². The van der Waals surface area contributed by atoms with E-state index >= 15 is 0 Å². The van der Waals surface area contributed by atoms with Gasteiger partial charge in [0.25, 0.3) is 5.91 Å². The number of ketones is 2.